The summed E-state index contributed by atoms with van der Waals surface area (Å²) in [7, 11) is 1.34. The number of nitrogen functional groups attached to an aromatic ring is 1. The predicted molar refractivity (Wildman–Crippen MR) is 59.3 cm³/mol. The van der Waals surface area contributed by atoms with Crippen LogP contribution in [0.15, 0.2) is 18.3 Å². The second-order valence-electron chi connectivity index (χ2n) is 2.81. The van der Waals surface area contributed by atoms with Gasteiger partial charge in [0.25, 0.3) is 0 Å². The van der Waals surface area contributed by atoms with Crippen LogP contribution in [0.2, 0.25) is 5.02 Å². The van der Waals surface area contributed by atoms with E-state index in [1.807, 2.05) is 0 Å². The third kappa shape index (κ3) is 3.59. The van der Waals surface area contributed by atoms with Crippen molar-refractivity contribution in [3.8, 4) is 0 Å². The number of esters is 1. The van der Waals surface area contributed by atoms with Gasteiger partial charge in [0.05, 0.1) is 18.6 Å². The van der Waals surface area contributed by atoms with Crippen LogP contribution in [0.25, 0.3) is 6.08 Å². The molecular formula is C10H11ClN2O2. The number of nitrogens with two attached hydrogens (primary N) is 1. The standard InChI is InChI=1S/C10H11ClN2O2/c1-15-10(14)4-2-3-7-6-13-9(12)5-8(7)11/h2-3,5-6H,4H2,1H3,(H2,12,13). The molecule has 0 bridgehead atoms. The summed E-state index contributed by atoms with van der Waals surface area (Å²) in [5.74, 6) is 0.0656. The van der Waals surface area contributed by atoms with Gasteiger partial charge in [-0.2, -0.15) is 0 Å². The highest BCUT2D eigenvalue weighted by Gasteiger charge is 1.99. The molecule has 15 heavy (non-hydrogen) atoms. The van der Waals surface area contributed by atoms with Crippen LogP contribution in [0.4, 0.5) is 5.82 Å². The van der Waals surface area contributed by atoms with Gasteiger partial charge in [-0.05, 0) is 6.07 Å². The number of nitrogens with zero attached hydrogens (tertiary/aromatic N) is 1. The van der Waals surface area contributed by atoms with Crippen LogP contribution in [-0.2, 0) is 9.53 Å². The second kappa shape index (κ2) is 5.36. The van der Waals surface area contributed by atoms with Crippen molar-refractivity contribution in [1.29, 1.82) is 0 Å². The summed E-state index contributed by atoms with van der Waals surface area (Å²) in [5, 5.41) is 0.503. The quantitative estimate of drug-likeness (QED) is 0.800. The fourth-order valence-corrected chi connectivity index (χ4v) is 1.17. The fraction of sp³-hybridized carbons (Fsp3) is 0.200. The van der Waals surface area contributed by atoms with Gasteiger partial charge in [0, 0.05) is 11.8 Å². The number of aromatic nitrogens is 1. The molecule has 1 rings (SSSR count). The van der Waals surface area contributed by atoms with Gasteiger partial charge in [0.1, 0.15) is 5.82 Å². The molecule has 4 nitrogen and oxygen atoms in total. The van der Waals surface area contributed by atoms with E-state index in [1.54, 1.807) is 24.4 Å². The number of halogens is 1. The molecule has 0 unspecified atom stereocenters. The molecule has 1 heterocycles. The molecule has 0 aromatic carbocycles. The van der Waals surface area contributed by atoms with Gasteiger partial charge in [-0.3, -0.25) is 4.79 Å². The lowest BCUT2D eigenvalue weighted by atomic mass is 10.2. The minimum Gasteiger partial charge on any atom is -0.469 e. The Labute approximate surface area is 92.7 Å². The zero-order chi connectivity index (χ0) is 11.3. The average Bonchev–Trinajstić information content (AvgIpc) is 2.21. The normalized spacial score (nSPS) is 10.5. The highest BCUT2D eigenvalue weighted by molar-refractivity contribution is 6.32. The number of rotatable bonds is 3. The zero-order valence-corrected chi connectivity index (χ0v) is 8.99. The van der Waals surface area contributed by atoms with Crippen LogP contribution in [0, 0.1) is 0 Å². The lowest BCUT2D eigenvalue weighted by Crippen LogP contribution is -1.96. The van der Waals surface area contributed by atoms with E-state index < -0.39 is 0 Å². The van der Waals surface area contributed by atoms with Crippen molar-refractivity contribution in [2.45, 2.75) is 6.42 Å². The SMILES string of the molecule is COC(=O)CC=Cc1cnc(N)cc1Cl. The van der Waals surface area contributed by atoms with E-state index >= 15 is 0 Å². The molecule has 0 amide bonds. The van der Waals surface area contributed by atoms with Gasteiger partial charge < -0.3 is 10.5 Å². The maximum absolute atomic E-state index is 10.8. The Morgan fingerprint density at radius 1 is 1.73 bits per heavy atom. The lowest BCUT2D eigenvalue weighted by molar-refractivity contribution is -0.139. The molecular weight excluding hydrogens is 216 g/mol. The predicted octanol–water partition coefficient (Wildman–Crippen LogP) is 1.89. The van der Waals surface area contributed by atoms with Crippen LogP contribution in [0.1, 0.15) is 12.0 Å². The first-order valence-electron chi connectivity index (χ1n) is 4.28. The second-order valence-corrected chi connectivity index (χ2v) is 3.22. The van der Waals surface area contributed by atoms with Crippen molar-refractivity contribution in [3.05, 3.63) is 28.9 Å². The molecule has 0 aliphatic heterocycles. The van der Waals surface area contributed by atoms with Gasteiger partial charge in [0.2, 0.25) is 0 Å². The largest absolute Gasteiger partial charge is 0.469 e. The van der Waals surface area contributed by atoms with Crippen molar-refractivity contribution in [3.63, 3.8) is 0 Å². The van der Waals surface area contributed by atoms with Crippen molar-refractivity contribution in [2.24, 2.45) is 0 Å². The average molecular weight is 227 g/mol. The molecule has 1 aromatic rings. The Morgan fingerprint density at radius 2 is 2.47 bits per heavy atom. The van der Waals surface area contributed by atoms with Crippen LogP contribution in [-0.4, -0.2) is 18.1 Å². The molecule has 5 heteroatoms. The molecule has 0 aliphatic rings. The summed E-state index contributed by atoms with van der Waals surface area (Å²) in [4.78, 5) is 14.7. The van der Waals surface area contributed by atoms with Crippen LogP contribution in [0.5, 0.6) is 0 Å². The van der Waals surface area contributed by atoms with Crippen molar-refractivity contribution in [1.82, 2.24) is 4.98 Å². The van der Waals surface area contributed by atoms with E-state index in [1.165, 1.54) is 7.11 Å². The van der Waals surface area contributed by atoms with Gasteiger partial charge in [-0.25, -0.2) is 4.98 Å². The van der Waals surface area contributed by atoms with Crippen molar-refractivity contribution in [2.75, 3.05) is 12.8 Å². The molecule has 80 valence electrons. The Bertz CT molecular complexity index is 391. The number of pyridine rings is 1. The van der Waals surface area contributed by atoms with E-state index in [0.717, 1.165) is 5.56 Å². The summed E-state index contributed by atoms with van der Waals surface area (Å²) < 4.78 is 4.48. The Hall–Kier alpha value is -1.55. The number of methoxy groups -OCH3 is 1. The fourth-order valence-electron chi connectivity index (χ4n) is 0.944. The zero-order valence-electron chi connectivity index (χ0n) is 8.24. The molecule has 1 aromatic heterocycles. The van der Waals surface area contributed by atoms with E-state index in [2.05, 4.69) is 9.72 Å². The molecule has 2 N–H and O–H groups in total. The smallest absolute Gasteiger partial charge is 0.309 e. The molecule has 0 aliphatic carbocycles. The topological polar surface area (TPSA) is 65.2 Å². The number of anilines is 1. The van der Waals surface area contributed by atoms with Gasteiger partial charge in [0.15, 0.2) is 0 Å². The first-order valence-corrected chi connectivity index (χ1v) is 4.65. The molecule has 0 radical (unpaired) electrons. The van der Waals surface area contributed by atoms with E-state index in [-0.39, 0.29) is 12.4 Å². The van der Waals surface area contributed by atoms with E-state index in [0.29, 0.717) is 10.8 Å². The summed E-state index contributed by atoms with van der Waals surface area (Å²) in [6.07, 6.45) is 5.11. The monoisotopic (exact) mass is 226 g/mol. The maximum Gasteiger partial charge on any atom is 0.309 e. The molecule has 0 fully saturated rings. The van der Waals surface area contributed by atoms with Crippen LogP contribution in [0.3, 0.4) is 0 Å². The molecule has 0 atom stereocenters. The highest BCUT2D eigenvalue weighted by atomic mass is 35.5. The van der Waals surface area contributed by atoms with Crippen LogP contribution < -0.4 is 5.73 Å². The first kappa shape index (κ1) is 11.5. The maximum atomic E-state index is 10.8. The number of ether oxygens (including phenoxy) is 1. The minimum absolute atomic E-state index is 0.206. The number of carbonyl (C=O) groups is 1. The summed E-state index contributed by atoms with van der Waals surface area (Å²) in [5.41, 5.74) is 6.15. The van der Waals surface area contributed by atoms with Crippen molar-refractivity contribution < 1.29 is 9.53 Å². The number of carbonyl (C=O) groups excluding carboxylic acids is 1. The van der Waals surface area contributed by atoms with Crippen molar-refractivity contribution >= 4 is 29.5 Å². The summed E-state index contributed by atoms with van der Waals surface area (Å²) >= 11 is 5.89. The third-order valence-corrected chi connectivity index (χ3v) is 2.04. The van der Waals surface area contributed by atoms with E-state index in [9.17, 15) is 4.79 Å². The molecule has 0 saturated heterocycles. The Balaban J connectivity index is 2.68. The van der Waals surface area contributed by atoms with Gasteiger partial charge >= 0.3 is 5.97 Å². The first-order chi connectivity index (χ1) is 7.13. The summed E-state index contributed by atoms with van der Waals surface area (Å²) in [6, 6.07) is 1.55. The molecule has 0 spiro atoms. The van der Waals surface area contributed by atoms with Gasteiger partial charge in [-0.15, -0.1) is 0 Å². The number of hydrogen-bond acceptors (Lipinski definition) is 4. The lowest BCUT2D eigenvalue weighted by Gasteiger charge is -1.98. The van der Waals surface area contributed by atoms with E-state index in [4.69, 9.17) is 17.3 Å². The van der Waals surface area contributed by atoms with Gasteiger partial charge in [-0.1, -0.05) is 23.8 Å². The molecule has 0 saturated carbocycles. The number of hydrogen-bond donors (Lipinski definition) is 1. The third-order valence-electron chi connectivity index (χ3n) is 1.71. The Morgan fingerprint density at radius 3 is 3.07 bits per heavy atom. The highest BCUT2D eigenvalue weighted by Crippen LogP contribution is 2.18. The summed E-state index contributed by atoms with van der Waals surface area (Å²) in [6.45, 7) is 0. The Kier molecular flexibility index (Phi) is 4.12. The van der Waals surface area contributed by atoms with Crippen LogP contribution >= 0.6 is 11.6 Å². The minimum atomic E-state index is -0.300.